The van der Waals surface area contributed by atoms with Gasteiger partial charge >= 0.3 is 0 Å². The molecule has 2 aromatic carbocycles. The third kappa shape index (κ3) is 5.82. The molecule has 5 fully saturated rings. The van der Waals surface area contributed by atoms with Crippen molar-refractivity contribution in [3.05, 3.63) is 59.8 Å². The molecule has 3 aromatic rings. The molecule has 9 nitrogen and oxygen atoms in total. The average molecular weight is 598 g/mol. The van der Waals surface area contributed by atoms with E-state index in [-0.39, 0.29) is 11.7 Å². The Morgan fingerprint density at radius 3 is 2.11 bits per heavy atom. The highest BCUT2D eigenvalue weighted by molar-refractivity contribution is 5.92. The molecule has 2 heterocycles. The number of ether oxygens (including phenoxy) is 2. The van der Waals surface area contributed by atoms with Crippen molar-refractivity contribution in [2.45, 2.75) is 45.1 Å². The number of anilines is 1. The minimum Gasteiger partial charge on any atom is -0.508 e. The molecule has 4 saturated carbocycles. The van der Waals surface area contributed by atoms with E-state index in [0.717, 1.165) is 84.5 Å². The van der Waals surface area contributed by atoms with Crippen LogP contribution in [0.4, 0.5) is 5.82 Å². The Morgan fingerprint density at radius 2 is 1.55 bits per heavy atom. The van der Waals surface area contributed by atoms with E-state index in [0.29, 0.717) is 17.7 Å². The predicted molar refractivity (Wildman–Crippen MR) is 169 cm³/mol. The summed E-state index contributed by atoms with van der Waals surface area (Å²) in [5.41, 5.74) is 3.52. The molecular formula is C35H43N5O4. The van der Waals surface area contributed by atoms with Gasteiger partial charge in [-0.15, -0.1) is 10.2 Å². The Labute approximate surface area is 259 Å². The van der Waals surface area contributed by atoms with Gasteiger partial charge in [0, 0.05) is 39.3 Å². The molecule has 1 amide bonds. The maximum absolute atomic E-state index is 13.0. The number of piperazine rings is 1. The van der Waals surface area contributed by atoms with E-state index < -0.39 is 0 Å². The number of methoxy groups -OCH3 is 2. The van der Waals surface area contributed by atoms with Gasteiger partial charge < -0.3 is 24.8 Å². The zero-order valence-electron chi connectivity index (χ0n) is 25.8. The van der Waals surface area contributed by atoms with Gasteiger partial charge in [-0.2, -0.15) is 0 Å². The smallest absolute Gasteiger partial charge is 0.271 e. The number of hydrogen-bond acceptors (Lipinski definition) is 8. The normalized spacial score (nSPS) is 26.0. The summed E-state index contributed by atoms with van der Waals surface area (Å²) in [6, 6.07) is 14.9. The Hall–Kier alpha value is -3.85. The fraction of sp³-hybridized carbons (Fsp3) is 0.514. The van der Waals surface area contributed by atoms with Crippen LogP contribution in [0.2, 0.25) is 0 Å². The van der Waals surface area contributed by atoms with Crippen LogP contribution in [0.25, 0.3) is 11.1 Å². The van der Waals surface area contributed by atoms with E-state index in [9.17, 15) is 9.90 Å². The Bertz CT molecular complexity index is 1440. The molecule has 2 N–H and O–H groups in total. The van der Waals surface area contributed by atoms with E-state index in [1.54, 1.807) is 26.4 Å². The number of phenolic OH excluding ortho intramolecular Hbond substituents is 1. The maximum Gasteiger partial charge on any atom is 0.271 e. The number of benzene rings is 2. The van der Waals surface area contributed by atoms with Crippen LogP contribution in [0.5, 0.6) is 17.2 Å². The van der Waals surface area contributed by atoms with Crippen LogP contribution in [-0.4, -0.2) is 73.1 Å². The quantitative estimate of drug-likeness (QED) is 0.350. The summed E-state index contributed by atoms with van der Waals surface area (Å²) >= 11 is 0. The topological polar surface area (TPSA) is 100 Å². The molecule has 232 valence electrons. The monoisotopic (exact) mass is 597 g/mol. The van der Waals surface area contributed by atoms with Gasteiger partial charge in [0.05, 0.1) is 19.8 Å². The van der Waals surface area contributed by atoms with E-state index in [1.807, 2.05) is 36.4 Å². The summed E-state index contributed by atoms with van der Waals surface area (Å²) in [6.07, 6.45) is 8.06. The molecule has 0 unspecified atom stereocenters. The highest BCUT2D eigenvalue weighted by atomic mass is 16.5. The van der Waals surface area contributed by atoms with E-state index >= 15 is 0 Å². The fourth-order valence-electron chi connectivity index (χ4n) is 8.83. The maximum atomic E-state index is 13.0. The number of rotatable bonds is 9. The molecule has 5 aliphatic rings. The van der Waals surface area contributed by atoms with Gasteiger partial charge in [0.1, 0.15) is 17.2 Å². The zero-order valence-corrected chi connectivity index (χ0v) is 25.8. The molecule has 4 bridgehead atoms. The van der Waals surface area contributed by atoms with Crippen molar-refractivity contribution >= 4 is 11.7 Å². The number of phenols is 1. The van der Waals surface area contributed by atoms with Crippen molar-refractivity contribution in [2.75, 3.05) is 51.8 Å². The van der Waals surface area contributed by atoms with E-state index in [2.05, 4.69) is 25.3 Å². The molecule has 0 atom stereocenters. The molecular weight excluding hydrogens is 554 g/mol. The summed E-state index contributed by atoms with van der Waals surface area (Å²) in [6.45, 7) is 4.76. The zero-order chi connectivity index (χ0) is 30.3. The standard InChI is InChI=1S/C35H43N5O4/c1-43-31-16-27(26-4-3-5-28(41)15-26)17-32(44-2)29(31)21-39-8-10-40(11-9-39)33-7-6-30(37-38-33)34(42)36-22-35-18-23-12-24(19-35)14-25(13-23)20-35/h3-7,15-17,23-25,41H,8-14,18-22H2,1-2H3,(H,36,42). The molecule has 9 heteroatoms. The number of amides is 1. The number of aromatic nitrogens is 2. The van der Waals surface area contributed by atoms with Gasteiger partial charge in [-0.3, -0.25) is 9.69 Å². The lowest BCUT2D eigenvalue weighted by Gasteiger charge is -2.56. The van der Waals surface area contributed by atoms with Crippen LogP contribution >= 0.6 is 0 Å². The Balaban J connectivity index is 0.946. The van der Waals surface area contributed by atoms with Gasteiger partial charge in [-0.1, -0.05) is 12.1 Å². The number of nitrogens with one attached hydrogen (secondary N) is 1. The summed E-state index contributed by atoms with van der Waals surface area (Å²) in [4.78, 5) is 17.6. The summed E-state index contributed by atoms with van der Waals surface area (Å²) < 4.78 is 11.6. The molecule has 44 heavy (non-hydrogen) atoms. The van der Waals surface area contributed by atoms with Crippen molar-refractivity contribution in [3.63, 3.8) is 0 Å². The number of hydrogen-bond donors (Lipinski definition) is 2. The largest absolute Gasteiger partial charge is 0.508 e. The second-order valence-corrected chi connectivity index (χ2v) is 13.5. The predicted octanol–water partition coefficient (Wildman–Crippen LogP) is 5.13. The molecule has 0 radical (unpaired) electrons. The molecule has 4 aliphatic carbocycles. The van der Waals surface area contributed by atoms with Crippen LogP contribution in [0, 0.1) is 23.2 Å². The number of nitrogens with zero attached hydrogens (tertiary/aromatic N) is 4. The van der Waals surface area contributed by atoms with Crippen molar-refractivity contribution < 1.29 is 19.4 Å². The van der Waals surface area contributed by atoms with Crippen LogP contribution in [0.15, 0.2) is 48.5 Å². The highest BCUT2D eigenvalue weighted by Crippen LogP contribution is 2.59. The number of aromatic hydroxyl groups is 1. The SMILES string of the molecule is COc1cc(-c2cccc(O)c2)cc(OC)c1CN1CCN(c2ccc(C(=O)NCC34CC5CC(CC(C5)C3)C4)nn2)CC1. The van der Waals surface area contributed by atoms with Gasteiger partial charge in [0.25, 0.3) is 5.91 Å². The summed E-state index contributed by atoms with van der Waals surface area (Å²) in [5.74, 6) is 5.04. The minimum atomic E-state index is -0.109. The summed E-state index contributed by atoms with van der Waals surface area (Å²) in [5, 5.41) is 21.9. The van der Waals surface area contributed by atoms with Gasteiger partial charge in [0.15, 0.2) is 11.5 Å². The molecule has 0 spiro atoms. The number of carbonyl (C=O) groups is 1. The Kier molecular flexibility index (Phi) is 7.83. The van der Waals surface area contributed by atoms with Crippen molar-refractivity contribution in [3.8, 4) is 28.4 Å². The van der Waals surface area contributed by atoms with Crippen LogP contribution in [0.3, 0.4) is 0 Å². The van der Waals surface area contributed by atoms with Crippen molar-refractivity contribution in [2.24, 2.45) is 23.2 Å². The first-order chi connectivity index (χ1) is 21.4. The lowest BCUT2D eigenvalue weighted by Crippen LogP contribution is -2.51. The van der Waals surface area contributed by atoms with Gasteiger partial charge in [0.2, 0.25) is 0 Å². The minimum absolute atomic E-state index is 0.109. The van der Waals surface area contributed by atoms with E-state index in [4.69, 9.17) is 9.47 Å². The first kappa shape index (κ1) is 28.9. The summed E-state index contributed by atoms with van der Waals surface area (Å²) in [7, 11) is 3.35. The molecule has 1 aromatic heterocycles. The second kappa shape index (κ2) is 11.9. The highest BCUT2D eigenvalue weighted by Gasteiger charge is 2.50. The van der Waals surface area contributed by atoms with Crippen molar-refractivity contribution in [1.29, 1.82) is 0 Å². The van der Waals surface area contributed by atoms with Crippen LogP contribution in [0.1, 0.15) is 54.6 Å². The lowest BCUT2D eigenvalue weighted by atomic mass is 9.49. The third-order valence-electron chi connectivity index (χ3n) is 10.5. The average Bonchev–Trinajstić information content (AvgIpc) is 3.03. The molecule has 8 rings (SSSR count). The van der Waals surface area contributed by atoms with E-state index in [1.165, 1.54) is 38.5 Å². The first-order valence-corrected chi connectivity index (χ1v) is 16.0. The van der Waals surface area contributed by atoms with Crippen LogP contribution < -0.4 is 19.7 Å². The molecule has 1 saturated heterocycles. The first-order valence-electron chi connectivity index (χ1n) is 16.0. The van der Waals surface area contributed by atoms with Gasteiger partial charge in [-0.25, -0.2) is 0 Å². The van der Waals surface area contributed by atoms with Gasteiger partial charge in [-0.05, 0) is 109 Å². The second-order valence-electron chi connectivity index (χ2n) is 13.5. The lowest BCUT2D eigenvalue weighted by molar-refractivity contribution is -0.0503. The van der Waals surface area contributed by atoms with Crippen molar-refractivity contribution in [1.82, 2.24) is 20.4 Å². The fourth-order valence-corrected chi connectivity index (χ4v) is 8.83. The molecule has 1 aliphatic heterocycles. The third-order valence-corrected chi connectivity index (χ3v) is 10.5. The number of carbonyl (C=O) groups excluding carboxylic acids is 1. The Morgan fingerprint density at radius 1 is 0.886 bits per heavy atom. The van der Waals surface area contributed by atoms with Crippen LogP contribution in [-0.2, 0) is 6.54 Å².